The van der Waals surface area contributed by atoms with Crippen molar-refractivity contribution in [3.8, 4) is 0 Å². The van der Waals surface area contributed by atoms with E-state index in [1.54, 1.807) is 0 Å². The van der Waals surface area contributed by atoms with Crippen molar-refractivity contribution < 1.29 is 9.90 Å². The van der Waals surface area contributed by atoms with E-state index < -0.39 is 5.60 Å². The van der Waals surface area contributed by atoms with Crippen LogP contribution in [0, 0.1) is 28.6 Å². The maximum atomic E-state index is 11.9. The second kappa shape index (κ2) is 4.81. The predicted octanol–water partition coefficient (Wildman–Crippen LogP) is 4.44. The molecule has 4 rings (SSSR count). The Balaban J connectivity index is 1.70. The van der Waals surface area contributed by atoms with Gasteiger partial charge in [-0.05, 0) is 74.2 Å². The summed E-state index contributed by atoms with van der Waals surface area (Å²) in [5.74, 6) is 2.35. The van der Waals surface area contributed by atoms with Gasteiger partial charge in [0.2, 0.25) is 0 Å². The minimum Gasteiger partial charge on any atom is -0.385 e. The van der Waals surface area contributed by atoms with Gasteiger partial charge in [0.15, 0.2) is 5.78 Å². The Morgan fingerprint density at radius 3 is 2.61 bits per heavy atom. The van der Waals surface area contributed by atoms with Crippen LogP contribution in [0.2, 0.25) is 0 Å². The van der Waals surface area contributed by atoms with Crippen LogP contribution in [0.5, 0.6) is 0 Å². The highest BCUT2D eigenvalue weighted by Crippen LogP contribution is 2.67. The molecule has 0 aromatic carbocycles. The van der Waals surface area contributed by atoms with Crippen LogP contribution in [0.1, 0.15) is 65.2 Å². The van der Waals surface area contributed by atoms with Crippen LogP contribution in [0.4, 0.5) is 0 Å². The second-order valence-electron chi connectivity index (χ2n) is 9.09. The number of fused-ring (bicyclic) bond motifs is 5. The molecule has 3 fully saturated rings. The third-order valence-corrected chi connectivity index (χ3v) is 8.51. The Bertz CT molecular complexity index is 591. The average molecular weight is 314 g/mol. The molecule has 2 heteroatoms. The SMILES string of the molecule is C=C[C@]1(O)CC[C@@H]2[C@H]3CCC4=CC(=O)CC[C@]4(C)[C@@H]3CC[C@@]21C. The molecule has 4 aliphatic rings. The monoisotopic (exact) mass is 314 g/mol. The molecular weight excluding hydrogens is 284 g/mol. The van der Waals surface area contributed by atoms with Gasteiger partial charge in [-0.25, -0.2) is 0 Å². The summed E-state index contributed by atoms with van der Waals surface area (Å²) in [6.07, 6.45) is 12.1. The number of hydrogen-bond donors (Lipinski definition) is 1. The third-order valence-electron chi connectivity index (χ3n) is 8.51. The van der Waals surface area contributed by atoms with E-state index in [0.29, 0.717) is 23.5 Å². The first-order valence-electron chi connectivity index (χ1n) is 9.44. The lowest BCUT2D eigenvalue weighted by Crippen LogP contribution is -2.54. The molecule has 6 atom stereocenters. The summed E-state index contributed by atoms with van der Waals surface area (Å²) in [6, 6.07) is 0. The molecule has 0 bridgehead atoms. The zero-order chi connectivity index (χ0) is 16.5. The molecule has 0 aromatic rings. The van der Waals surface area contributed by atoms with E-state index in [1.807, 2.05) is 12.2 Å². The van der Waals surface area contributed by atoms with E-state index >= 15 is 0 Å². The maximum absolute atomic E-state index is 11.9. The Hall–Kier alpha value is -0.890. The highest BCUT2D eigenvalue weighted by molar-refractivity contribution is 5.91. The molecule has 4 aliphatic carbocycles. The van der Waals surface area contributed by atoms with Gasteiger partial charge in [-0.2, -0.15) is 0 Å². The van der Waals surface area contributed by atoms with Crippen LogP contribution >= 0.6 is 0 Å². The molecule has 0 aromatic heterocycles. The number of rotatable bonds is 1. The van der Waals surface area contributed by atoms with Crippen molar-refractivity contribution >= 4 is 5.78 Å². The number of carbonyl (C=O) groups excluding carboxylic acids is 1. The Morgan fingerprint density at radius 1 is 1.13 bits per heavy atom. The molecule has 126 valence electrons. The van der Waals surface area contributed by atoms with E-state index in [-0.39, 0.29) is 10.8 Å². The van der Waals surface area contributed by atoms with Crippen molar-refractivity contribution in [2.24, 2.45) is 28.6 Å². The maximum Gasteiger partial charge on any atom is 0.155 e. The highest BCUT2D eigenvalue weighted by Gasteiger charge is 2.62. The first-order valence-corrected chi connectivity index (χ1v) is 9.44. The first-order chi connectivity index (χ1) is 10.8. The van der Waals surface area contributed by atoms with Crippen molar-refractivity contribution in [3.63, 3.8) is 0 Å². The van der Waals surface area contributed by atoms with Crippen LogP contribution in [0.3, 0.4) is 0 Å². The first kappa shape index (κ1) is 15.6. The molecule has 0 heterocycles. The quantitative estimate of drug-likeness (QED) is 0.727. The minimum absolute atomic E-state index is 0.00200. The second-order valence-corrected chi connectivity index (χ2v) is 9.09. The molecule has 0 unspecified atom stereocenters. The summed E-state index contributed by atoms with van der Waals surface area (Å²) >= 11 is 0. The van der Waals surface area contributed by atoms with Gasteiger partial charge in [0.25, 0.3) is 0 Å². The molecule has 0 radical (unpaired) electrons. The normalized spacial score (nSPS) is 52.2. The van der Waals surface area contributed by atoms with Crippen LogP contribution in [-0.2, 0) is 4.79 Å². The lowest BCUT2D eigenvalue weighted by molar-refractivity contribution is -0.120. The van der Waals surface area contributed by atoms with E-state index in [2.05, 4.69) is 20.4 Å². The molecule has 1 N–H and O–H groups in total. The molecule has 23 heavy (non-hydrogen) atoms. The fourth-order valence-electron chi connectivity index (χ4n) is 6.95. The smallest absolute Gasteiger partial charge is 0.155 e. The molecular formula is C21H30O2. The summed E-state index contributed by atoms with van der Waals surface area (Å²) in [4.78, 5) is 11.9. The molecule has 0 spiro atoms. The molecule has 0 aliphatic heterocycles. The number of allylic oxidation sites excluding steroid dienone is 1. The van der Waals surface area contributed by atoms with Gasteiger partial charge in [0.1, 0.15) is 0 Å². The topological polar surface area (TPSA) is 37.3 Å². The zero-order valence-electron chi connectivity index (χ0n) is 14.6. The van der Waals surface area contributed by atoms with Crippen molar-refractivity contribution in [3.05, 3.63) is 24.3 Å². The van der Waals surface area contributed by atoms with Gasteiger partial charge >= 0.3 is 0 Å². The van der Waals surface area contributed by atoms with Gasteiger partial charge in [0.05, 0.1) is 5.60 Å². The standard InChI is InChI=1S/C21H30O2/c1-4-21(23)12-9-18-16-6-5-14-13-15(22)7-10-19(14,2)17(16)8-11-20(18,21)3/h4,13,16-18,23H,1,5-12H2,2-3H3/t16-,17+,18+,19-,20-,21-/m0/s1. The van der Waals surface area contributed by atoms with Crippen LogP contribution < -0.4 is 0 Å². The predicted molar refractivity (Wildman–Crippen MR) is 91.9 cm³/mol. The van der Waals surface area contributed by atoms with E-state index in [4.69, 9.17) is 0 Å². The summed E-state index contributed by atoms with van der Waals surface area (Å²) in [5, 5.41) is 11.1. The Morgan fingerprint density at radius 2 is 1.87 bits per heavy atom. The fraction of sp³-hybridized carbons (Fsp3) is 0.762. The lowest BCUT2D eigenvalue weighted by atomic mass is 9.46. The zero-order valence-corrected chi connectivity index (χ0v) is 14.6. The Labute approximate surface area is 140 Å². The van der Waals surface area contributed by atoms with E-state index in [1.165, 1.54) is 18.4 Å². The van der Waals surface area contributed by atoms with E-state index in [9.17, 15) is 9.90 Å². The van der Waals surface area contributed by atoms with Crippen LogP contribution in [0.25, 0.3) is 0 Å². The number of carbonyl (C=O) groups is 1. The van der Waals surface area contributed by atoms with Crippen LogP contribution in [0.15, 0.2) is 24.3 Å². The number of ketones is 1. The van der Waals surface area contributed by atoms with Crippen molar-refractivity contribution in [1.29, 1.82) is 0 Å². The van der Waals surface area contributed by atoms with Crippen molar-refractivity contribution in [1.82, 2.24) is 0 Å². The van der Waals surface area contributed by atoms with Gasteiger partial charge in [0, 0.05) is 11.8 Å². The third kappa shape index (κ3) is 1.88. The van der Waals surface area contributed by atoms with Gasteiger partial charge in [-0.15, -0.1) is 6.58 Å². The van der Waals surface area contributed by atoms with Gasteiger partial charge in [-0.1, -0.05) is 25.5 Å². The minimum atomic E-state index is -0.678. The average Bonchev–Trinajstić information content (AvgIpc) is 2.80. The summed E-state index contributed by atoms with van der Waals surface area (Å²) in [6.45, 7) is 8.67. The van der Waals surface area contributed by atoms with Crippen molar-refractivity contribution in [2.75, 3.05) is 0 Å². The Kier molecular flexibility index (Phi) is 3.27. The summed E-state index contributed by atoms with van der Waals surface area (Å²) in [5.41, 5.74) is 0.975. The van der Waals surface area contributed by atoms with Gasteiger partial charge in [-0.3, -0.25) is 4.79 Å². The van der Waals surface area contributed by atoms with E-state index in [0.717, 1.165) is 38.5 Å². The number of hydrogen-bond acceptors (Lipinski definition) is 2. The summed E-state index contributed by atoms with van der Waals surface area (Å²) < 4.78 is 0. The molecule has 0 amide bonds. The van der Waals surface area contributed by atoms with Crippen LogP contribution in [-0.4, -0.2) is 16.5 Å². The lowest BCUT2D eigenvalue weighted by Gasteiger charge is -2.58. The van der Waals surface area contributed by atoms with Crippen molar-refractivity contribution in [2.45, 2.75) is 70.8 Å². The summed E-state index contributed by atoms with van der Waals surface area (Å²) in [7, 11) is 0. The largest absolute Gasteiger partial charge is 0.385 e. The molecule has 3 saturated carbocycles. The molecule has 2 nitrogen and oxygen atoms in total. The van der Waals surface area contributed by atoms with Gasteiger partial charge < -0.3 is 5.11 Å². The number of aliphatic hydroxyl groups is 1. The molecule has 0 saturated heterocycles. The fourth-order valence-corrected chi connectivity index (χ4v) is 6.95. The highest BCUT2D eigenvalue weighted by atomic mass is 16.3.